The minimum absolute atomic E-state index is 0.0422. The molecule has 0 spiro atoms. The van der Waals surface area contributed by atoms with Gasteiger partial charge in [-0.05, 0) is 66.2 Å². The van der Waals surface area contributed by atoms with Gasteiger partial charge in [0.15, 0.2) is 0 Å². The molecular formula is C24H31N5O3. The molecule has 32 heavy (non-hydrogen) atoms. The van der Waals surface area contributed by atoms with E-state index in [2.05, 4.69) is 20.6 Å². The molecule has 2 aromatic heterocycles. The first-order valence-electron chi connectivity index (χ1n) is 10.7. The second kappa shape index (κ2) is 8.61. The van der Waals surface area contributed by atoms with Crippen LogP contribution in [0.25, 0.3) is 11.0 Å². The number of pyridine rings is 1. The van der Waals surface area contributed by atoms with Crippen LogP contribution in [-0.2, 0) is 0 Å². The van der Waals surface area contributed by atoms with Gasteiger partial charge in [-0.3, -0.25) is 14.4 Å². The van der Waals surface area contributed by atoms with Gasteiger partial charge < -0.3 is 20.2 Å². The summed E-state index contributed by atoms with van der Waals surface area (Å²) in [4.78, 5) is 46.6. The molecule has 0 bridgehead atoms. The molecule has 0 unspecified atom stereocenters. The average molecular weight is 438 g/mol. The second-order valence-electron chi connectivity index (χ2n) is 9.50. The smallest absolute Gasteiger partial charge is 0.257 e. The van der Waals surface area contributed by atoms with Crippen molar-refractivity contribution in [3.05, 3.63) is 63.3 Å². The molecule has 0 saturated carbocycles. The molecule has 0 radical (unpaired) electrons. The molecule has 2 heterocycles. The SMILES string of the molecule is Cc1ccc2nc([C@H](C)NC(=O)c3cn(C(C)C)cc(C(=O)NC(C)(C)C)c3=O)[nH]c2c1. The fraction of sp³-hybridized carbons (Fsp3) is 0.417. The van der Waals surface area contributed by atoms with Gasteiger partial charge in [0.2, 0.25) is 5.43 Å². The summed E-state index contributed by atoms with van der Waals surface area (Å²) in [5.41, 5.74) is 1.52. The molecule has 1 atom stereocenters. The molecule has 0 aliphatic carbocycles. The molecule has 0 aliphatic heterocycles. The summed E-state index contributed by atoms with van der Waals surface area (Å²) < 4.78 is 1.70. The van der Waals surface area contributed by atoms with E-state index in [4.69, 9.17) is 0 Å². The van der Waals surface area contributed by atoms with Gasteiger partial charge in [0.25, 0.3) is 11.8 Å². The lowest BCUT2D eigenvalue weighted by atomic mass is 10.1. The van der Waals surface area contributed by atoms with Crippen molar-refractivity contribution in [2.75, 3.05) is 0 Å². The minimum Gasteiger partial charge on any atom is -0.350 e. The number of imidazole rings is 1. The fourth-order valence-electron chi connectivity index (χ4n) is 3.32. The van der Waals surface area contributed by atoms with Crippen LogP contribution in [0, 0.1) is 6.92 Å². The molecule has 8 heteroatoms. The monoisotopic (exact) mass is 437 g/mol. The first-order valence-corrected chi connectivity index (χ1v) is 10.7. The Balaban J connectivity index is 1.93. The number of carbonyl (C=O) groups is 2. The van der Waals surface area contributed by atoms with E-state index in [0.717, 1.165) is 16.6 Å². The Kier molecular flexibility index (Phi) is 6.25. The van der Waals surface area contributed by atoms with Crippen LogP contribution in [-0.4, -0.2) is 31.9 Å². The van der Waals surface area contributed by atoms with Gasteiger partial charge in [-0.2, -0.15) is 0 Å². The van der Waals surface area contributed by atoms with Crippen molar-refractivity contribution in [1.82, 2.24) is 25.2 Å². The second-order valence-corrected chi connectivity index (χ2v) is 9.50. The number of aryl methyl sites for hydroxylation is 1. The molecule has 1 aromatic carbocycles. The van der Waals surface area contributed by atoms with Gasteiger partial charge in [0.1, 0.15) is 17.0 Å². The zero-order valence-corrected chi connectivity index (χ0v) is 19.7. The van der Waals surface area contributed by atoms with Gasteiger partial charge in [-0.25, -0.2) is 4.98 Å². The van der Waals surface area contributed by atoms with Crippen molar-refractivity contribution in [3.63, 3.8) is 0 Å². The van der Waals surface area contributed by atoms with Gasteiger partial charge in [0, 0.05) is 24.0 Å². The van der Waals surface area contributed by atoms with Gasteiger partial charge >= 0.3 is 0 Å². The first-order chi connectivity index (χ1) is 14.9. The fourth-order valence-corrected chi connectivity index (χ4v) is 3.32. The lowest BCUT2D eigenvalue weighted by Crippen LogP contribution is -2.43. The molecule has 8 nitrogen and oxygen atoms in total. The van der Waals surface area contributed by atoms with E-state index in [1.54, 1.807) is 11.5 Å². The van der Waals surface area contributed by atoms with E-state index >= 15 is 0 Å². The van der Waals surface area contributed by atoms with E-state index in [1.807, 2.05) is 59.7 Å². The number of carbonyl (C=O) groups excluding carboxylic acids is 2. The van der Waals surface area contributed by atoms with Crippen LogP contribution in [0.4, 0.5) is 0 Å². The van der Waals surface area contributed by atoms with Crippen LogP contribution in [0.2, 0.25) is 0 Å². The Morgan fingerprint density at radius 3 is 2.28 bits per heavy atom. The van der Waals surface area contributed by atoms with E-state index in [1.165, 1.54) is 12.4 Å². The van der Waals surface area contributed by atoms with Crippen LogP contribution in [0.5, 0.6) is 0 Å². The quantitative estimate of drug-likeness (QED) is 0.566. The predicted molar refractivity (Wildman–Crippen MR) is 125 cm³/mol. The van der Waals surface area contributed by atoms with E-state index in [9.17, 15) is 14.4 Å². The van der Waals surface area contributed by atoms with Crippen LogP contribution < -0.4 is 16.1 Å². The Hall–Kier alpha value is -3.42. The van der Waals surface area contributed by atoms with Crippen molar-refractivity contribution in [3.8, 4) is 0 Å². The standard InChI is InChI=1S/C24H31N5O3/c1-13(2)29-11-16(20(30)17(12-29)23(32)28-24(5,6)7)22(31)25-15(4)21-26-18-9-8-14(3)10-19(18)27-21/h8-13,15H,1-7H3,(H,25,31)(H,26,27)(H,28,32)/t15-/m0/s1. The largest absolute Gasteiger partial charge is 0.350 e. The predicted octanol–water partition coefficient (Wildman–Crippen LogP) is 3.63. The third-order valence-electron chi connectivity index (χ3n) is 5.03. The normalized spacial score (nSPS) is 12.8. The summed E-state index contributed by atoms with van der Waals surface area (Å²) >= 11 is 0. The van der Waals surface area contributed by atoms with E-state index in [0.29, 0.717) is 5.82 Å². The molecule has 3 rings (SSSR count). The highest BCUT2D eigenvalue weighted by Crippen LogP contribution is 2.18. The van der Waals surface area contributed by atoms with Crippen LogP contribution in [0.15, 0.2) is 35.4 Å². The number of hydrogen-bond donors (Lipinski definition) is 3. The van der Waals surface area contributed by atoms with Crippen molar-refractivity contribution < 1.29 is 9.59 Å². The van der Waals surface area contributed by atoms with Gasteiger partial charge in [-0.15, -0.1) is 0 Å². The lowest BCUT2D eigenvalue weighted by molar-refractivity contribution is 0.0917. The lowest BCUT2D eigenvalue weighted by Gasteiger charge is -2.21. The Morgan fingerprint density at radius 2 is 1.69 bits per heavy atom. The van der Waals surface area contributed by atoms with Crippen LogP contribution in [0.3, 0.4) is 0 Å². The highest BCUT2D eigenvalue weighted by Gasteiger charge is 2.24. The molecular weight excluding hydrogens is 406 g/mol. The van der Waals surface area contributed by atoms with Gasteiger partial charge in [0.05, 0.1) is 17.1 Å². The Bertz CT molecular complexity index is 1230. The number of amides is 2. The van der Waals surface area contributed by atoms with Crippen molar-refractivity contribution in [2.24, 2.45) is 0 Å². The number of nitrogens with zero attached hydrogens (tertiary/aromatic N) is 2. The molecule has 0 saturated heterocycles. The highest BCUT2D eigenvalue weighted by atomic mass is 16.2. The minimum atomic E-state index is -0.603. The first kappa shape index (κ1) is 23.2. The number of hydrogen-bond acceptors (Lipinski definition) is 4. The van der Waals surface area contributed by atoms with Crippen LogP contribution in [0.1, 0.15) is 85.7 Å². The number of nitrogens with one attached hydrogen (secondary N) is 3. The molecule has 3 aromatic rings. The molecule has 170 valence electrons. The van der Waals surface area contributed by atoms with Crippen molar-refractivity contribution in [1.29, 1.82) is 0 Å². The molecule has 0 fully saturated rings. The summed E-state index contributed by atoms with van der Waals surface area (Å²) in [6.45, 7) is 13.1. The number of H-pyrrole nitrogens is 1. The highest BCUT2D eigenvalue weighted by molar-refractivity contribution is 5.99. The summed E-state index contributed by atoms with van der Waals surface area (Å²) in [6, 6.07) is 5.36. The number of rotatable bonds is 5. The summed E-state index contributed by atoms with van der Waals surface area (Å²) in [5.74, 6) is -0.476. The maximum Gasteiger partial charge on any atom is 0.257 e. The summed E-state index contributed by atoms with van der Waals surface area (Å²) in [5, 5.41) is 5.63. The summed E-state index contributed by atoms with van der Waals surface area (Å²) in [6.07, 6.45) is 2.99. The van der Waals surface area contributed by atoms with E-state index in [-0.39, 0.29) is 17.2 Å². The number of fused-ring (bicyclic) bond motifs is 1. The Morgan fingerprint density at radius 1 is 1.06 bits per heavy atom. The number of aromatic amines is 1. The maximum absolute atomic E-state index is 13.1. The third-order valence-corrected chi connectivity index (χ3v) is 5.03. The molecule has 0 aliphatic rings. The van der Waals surface area contributed by atoms with Crippen molar-refractivity contribution >= 4 is 22.8 Å². The number of benzene rings is 1. The summed E-state index contributed by atoms with van der Waals surface area (Å²) in [7, 11) is 0. The molecule has 2 amide bonds. The zero-order valence-electron chi connectivity index (χ0n) is 19.7. The Labute approximate surface area is 187 Å². The van der Waals surface area contributed by atoms with Crippen LogP contribution >= 0.6 is 0 Å². The van der Waals surface area contributed by atoms with Gasteiger partial charge in [-0.1, -0.05) is 6.07 Å². The topological polar surface area (TPSA) is 109 Å². The zero-order chi connectivity index (χ0) is 23.8. The molecule has 3 N–H and O–H groups in total. The third kappa shape index (κ3) is 5.07. The van der Waals surface area contributed by atoms with E-state index < -0.39 is 28.8 Å². The van der Waals surface area contributed by atoms with Crippen molar-refractivity contribution in [2.45, 2.75) is 66.1 Å². The number of aromatic nitrogens is 3. The average Bonchev–Trinajstić information content (AvgIpc) is 3.09. The maximum atomic E-state index is 13.1.